The molecule has 1 heterocycles. The lowest BCUT2D eigenvalue weighted by atomic mass is 10.3. The Kier molecular flexibility index (Phi) is 3.88. The summed E-state index contributed by atoms with van der Waals surface area (Å²) in [4.78, 5) is 12.0. The van der Waals surface area contributed by atoms with E-state index in [1.807, 2.05) is 37.5 Å². The summed E-state index contributed by atoms with van der Waals surface area (Å²) in [5.74, 6) is -0.111. The minimum atomic E-state index is -0.111. The van der Waals surface area contributed by atoms with E-state index in [-0.39, 0.29) is 5.91 Å². The summed E-state index contributed by atoms with van der Waals surface area (Å²) >= 11 is 5.56. The van der Waals surface area contributed by atoms with Crippen molar-refractivity contribution < 1.29 is 4.79 Å². The van der Waals surface area contributed by atoms with Crippen LogP contribution in [0.4, 0.5) is 5.69 Å². The van der Waals surface area contributed by atoms with E-state index in [1.165, 1.54) is 0 Å². The number of carbonyl (C=O) groups excluding carboxylic acids is 1. The van der Waals surface area contributed by atoms with E-state index in [1.54, 1.807) is 10.6 Å². The maximum absolute atomic E-state index is 12.0. The molecule has 0 saturated carbocycles. The van der Waals surface area contributed by atoms with Crippen LogP contribution in [-0.2, 0) is 7.05 Å². The van der Waals surface area contributed by atoms with Crippen LogP contribution in [0.25, 0.3) is 0 Å². The normalized spacial score (nSPS) is 10.3. The number of hydrogen-bond acceptors (Lipinski definition) is 1. The monoisotopic (exact) mass is 404 g/mol. The maximum atomic E-state index is 12.0. The van der Waals surface area contributed by atoms with Gasteiger partial charge in [0.15, 0.2) is 0 Å². The summed E-state index contributed by atoms with van der Waals surface area (Å²) in [5.41, 5.74) is 1.43. The van der Waals surface area contributed by atoms with Crippen molar-refractivity contribution >= 4 is 50.1 Å². The molecule has 1 aromatic carbocycles. The molecule has 0 aliphatic rings. The molecule has 0 atom stereocenters. The molecule has 1 N–H and O–H groups in total. The predicted octanol–water partition coefficient (Wildman–Crippen LogP) is 3.64. The van der Waals surface area contributed by atoms with Gasteiger partial charge in [-0.1, -0.05) is 6.07 Å². The Morgan fingerprint density at radius 3 is 2.76 bits per heavy atom. The van der Waals surface area contributed by atoms with E-state index >= 15 is 0 Å². The Labute approximate surface area is 121 Å². The highest BCUT2D eigenvalue weighted by Crippen LogP contribution is 2.17. The molecule has 0 radical (unpaired) electrons. The summed E-state index contributed by atoms with van der Waals surface area (Å²) in [6, 6.07) is 9.49. The number of nitrogens with one attached hydrogen (secondary N) is 1. The van der Waals surface area contributed by atoms with Crippen molar-refractivity contribution in [3.05, 3.63) is 50.3 Å². The molecule has 1 amide bonds. The molecule has 0 unspecified atom stereocenters. The zero-order chi connectivity index (χ0) is 12.4. The molecule has 1 aromatic heterocycles. The minimum absolute atomic E-state index is 0.111. The molecule has 0 aliphatic heterocycles. The first-order valence-corrected chi connectivity index (χ1v) is 6.82. The quantitative estimate of drug-likeness (QED) is 0.761. The molecular formula is C12H10BrIN2O. The number of amides is 1. The third-order valence-electron chi connectivity index (χ3n) is 2.29. The van der Waals surface area contributed by atoms with Gasteiger partial charge < -0.3 is 9.88 Å². The highest BCUT2D eigenvalue weighted by atomic mass is 127. The lowest BCUT2D eigenvalue weighted by Gasteiger charge is -2.06. The fourth-order valence-electron chi connectivity index (χ4n) is 1.51. The first kappa shape index (κ1) is 12.6. The van der Waals surface area contributed by atoms with Crippen LogP contribution in [0, 0.1) is 3.57 Å². The van der Waals surface area contributed by atoms with E-state index in [9.17, 15) is 4.79 Å². The third-order valence-corrected chi connectivity index (χ3v) is 3.39. The second-order valence-electron chi connectivity index (χ2n) is 3.62. The molecule has 3 nitrogen and oxygen atoms in total. The summed E-state index contributed by atoms with van der Waals surface area (Å²) in [6.45, 7) is 0. The van der Waals surface area contributed by atoms with E-state index in [0.717, 1.165) is 13.7 Å². The number of carbonyl (C=O) groups is 1. The van der Waals surface area contributed by atoms with Gasteiger partial charge in [0.2, 0.25) is 0 Å². The molecule has 5 heteroatoms. The maximum Gasteiger partial charge on any atom is 0.272 e. The van der Waals surface area contributed by atoms with Crippen LogP contribution in [0.2, 0.25) is 0 Å². The molecule has 0 saturated heterocycles. The largest absolute Gasteiger partial charge is 0.345 e. The van der Waals surface area contributed by atoms with E-state index < -0.39 is 0 Å². The van der Waals surface area contributed by atoms with Gasteiger partial charge in [0.25, 0.3) is 5.91 Å². The van der Waals surface area contributed by atoms with Gasteiger partial charge in [0, 0.05) is 27.0 Å². The lowest BCUT2D eigenvalue weighted by molar-refractivity contribution is 0.101. The van der Waals surface area contributed by atoms with Crippen molar-refractivity contribution in [1.82, 2.24) is 4.57 Å². The highest BCUT2D eigenvalue weighted by molar-refractivity contribution is 14.1. The molecular weight excluding hydrogens is 395 g/mol. The first-order chi connectivity index (χ1) is 8.06. The smallest absolute Gasteiger partial charge is 0.272 e. The topological polar surface area (TPSA) is 34.0 Å². The second-order valence-corrected chi connectivity index (χ2v) is 5.78. The first-order valence-electron chi connectivity index (χ1n) is 4.95. The van der Waals surface area contributed by atoms with Gasteiger partial charge >= 0.3 is 0 Å². The summed E-state index contributed by atoms with van der Waals surface area (Å²) in [6.07, 6.45) is 1.85. The standard InChI is InChI=1S/C12H10BrIN2O/c1-16-7-8(13)5-11(16)12(17)15-10-4-2-3-9(14)6-10/h2-7H,1H3,(H,15,17). The summed E-state index contributed by atoms with van der Waals surface area (Å²) in [7, 11) is 1.84. The zero-order valence-electron chi connectivity index (χ0n) is 9.08. The number of nitrogens with zero attached hydrogens (tertiary/aromatic N) is 1. The number of aryl methyl sites for hydroxylation is 1. The average molecular weight is 405 g/mol. The second kappa shape index (κ2) is 5.22. The number of halogens is 2. The van der Waals surface area contributed by atoms with Crippen LogP contribution in [0.1, 0.15) is 10.5 Å². The van der Waals surface area contributed by atoms with Gasteiger partial charge in [-0.2, -0.15) is 0 Å². The van der Waals surface area contributed by atoms with Crippen molar-refractivity contribution in [3.8, 4) is 0 Å². The Morgan fingerprint density at radius 2 is 2.18 bits per heavy atom. The molecule has 17 heavy (non-hydrogen) atoms. The Hall–Kier alpha value is -0.820. The van der Waals surface area contributed by atoms with Gasteiger partial charge in [-0.3, -0.25) is 4.79 Å². The Balaban J connectivity index is 2.20. The Bertz CT molecular complexity index is 565. The van der Waals surface area contributed by atoms with Crippen molar-refractivity contribution in [1.29, 1.82) is 0 Å². The van der Waals surface area contributed by atoms with Gasteiger partial charge in [0.05, 0.1) is 0 Å². The number of hydrogen-bond donors (Lipinski definition) is 1. The van der Waals surface area contributed by atoms with E-state index in [4.69, 9.17) is 0 Å². The zero-order valence-corrected chi connectivity index (χ0v) is 12.8. The molecule has 2 aromatic rings. The fourth-order valence-corrected chi connectivity index (χ4v) is 2.58. The summed E-state index contributed by atoms with van der Waals surface area (Å²) in [5, 5.41) is 2.87. The number of aromatic nitrogens is 1. The Morgan fingerprint density at radius 1 is 1.41 bits per heavy atom. The lowest BCUT2D eigenvalue weighted by Crippen LogP contribution is -2.15. The molecule has 0 bridgehead atoms. The fraction of sp³-hybridized carbons (Fsp3) is 0.0833. The summed E-state index contributed by atoms with van der Waals surface area (Å²) < 4.78 is 3.77. The van der Waals surface area contributed by atoms with Crippen LogP contribution in [-0.4, -0.2) is 10.5 Å². The average Bonchev–Trinajstić information content (AvgIpc) is 2.58. The van der Waals surface area contributed by atoms with Crippen LogP contribution in [0.15, 0.2) is 41.0 Å². The van der Waals surface area contributed by atoms with Crippen LogP contribution in [0.3, 0.4) is 0 Å². The van der Waals surface area contributed by atoms with Gasteiger partial charge in [-0.25, -0.2) is 0 Å². The minimum Gasteiger partial charge on any atom is -0.345 e. The van der Waals surface area contributed by atoms with Gasteiger partial charge in [-0.15, -0.1) is 0 Å². The van der Waals surface area contributed by atoms with Crippen molar-refractivity contribution in [3.63, 3.8) is 0 Å². The van der Waals surface area contributed by atoms with Gasteiger partial charge in [-0.05, 0) is 62.8 Å². The van der Waals surface area contributed by atoms with Crippen molar-refractivity contribution in [2.24, 2.45) is 7.05 Å². The van der Waals surface area contributed by atoms with Gasteiger partial charge in [0.1, 0.15) is 5.69 Å². The highest BCUT2D eigenvalue weighted by Gasteiger charge is 2.11. The SMILES string of the molecule is Cn1cc(Br)cc1C(=O)Nc1cccc(I)c1. The van der Waals surface area contributed by atoms with Crippen LogP contribution in [0.5, 0.6) is 0 Å². The number of anilines is 1. The molecule has 2 rings (SSSR count). The van der Waals surface area contributed by atoms with E-state index in [0.29, 0.717) is 5.69 Å². The predicted molar refractivity (Wildman–Crippen MR) is 80.2 cm³/mol. The molecule has 0 fully saturated rings. The van der Waals surface area contributed by atoms with Crippen molar-refractivity contribution in [2.45, 2.75) is 0 Å². The third kappa shape index (κ3) is 3.10. The van der Waals surface area contributed by atoms with Crippen LogP contribution < -0.4 is 5.32 Å². The number of benzene rings is 1. The molecule has 0 spiro atoms. The molecule has 88 valence electrons. The van der Waals surface area contributed by atoms with Crippen molar-refractivity contribution in [2.75, 3.05) is 5.32 Å². The van der Waals surface area contributed by atoms with E-state index in [2.05, 4.69) is 43.8 Å². The van der Waals surface area contributed by atoms with Crippen LogP contribution >= 0.6 is 38.5 Å². The molecule has 0 aliphatic carbocycles. The number of rotatable bonds is 2.